The van der Waals surface area contributed by atoms with Gasteiger partial charge in [-0.2, -0.15) is 0 Å². The molecule has 1 aliphatic heterocycles. The maximum atomic E-state index is 12.2. The Morgan fingerprint density at radius 1 is 1.29 bits per heavy atom. The normalized spacial score (nSPS) is 24.0. The molecule has 1 fully saturated rings. The Morgan fingerprint density at radius 3 is 2.18 bits per heavy atom. The molecule has 1 heterocycles. The molecule has 0 atom stereocenters. The highest BCUT2D eigenvalue weighted by Gasteiger charge is 2.46. The van der Waals surface area contributed by atoms with Gasteiger partial charge in [0.1, 0.15) is 0 Å². The minimum atomic E-state index is -0.215. The Morgan fingerprint density at radius 2 is 1.76 bits per heavy atom. The van der Waals surface area contributed by atoms with Gasteiger partial charge in [0.25, 0.3) is 0 Å². The molecule has 1 aliphatic rings. The van der Waals surface area contributed by atoms with Gasteiger partial charge < -0.3 is 16.0 Å². The van der Waals surface area contributed by atoms with Crippen molar-refractivity contribution in [3.63, 3.8) is 0 Å². The molecule has 0 saturated carbocycles. The number of carbonyl (C=O) groups excluding carboxylic acids is 1. The minimum absolute atomic E-state index is 0.0509. The third-order valence-corrected chi connectivity index (χ3v) is 3.31. The van der Waals surface area contributed by atoms with E-state index in [0.717, 1.165) is 12.8 Å². The van der Waals surface area contributed by atoms with Gasteiger partial charge in [-0.05, 0) is 47.5 Å². The smallest absolute Gasteiger partial charge is 0.322 e. The molecule has 0 aliphatic carbocycles. The summed E-state index contributed by atoms with van der Waals surface area (Å²) < 4.78 is 0. The van der Waals surface area contributed by atoms with Crippen LogP contribution in [0.2, 0.25) is 0 Å². The third kappa shape index (κ3) is 3.00. The fourth-order valence-electron chi connectivity index (χ4n) is 3.13. The van der Waals surface area contributed by atoms with Crippen molar-refractivity contribution in [2.24, 2.45) is 5.73 Å². The first kappa shape index (κ1) is 14.0. The second-order valence-corrected chi connectivity index (χ2v) is 6.08. The number of hydrogen-bond donors (Lipinski definition) is 2. The molecule has 0 aromatic rings. The highest BCUT2D eigenvalue weighted by molar-refractivity contribution is 5.77. The first-order valence-electron chi connectivity index (χ1n) is 6.18. The van der Waals surface area contributed by atoms with Crippen LogP contribution in [-0.2, 0) is 0 Å². The molecule has 2 amide bonds. The summed E-state index contributed by atoms with van der Waals surface area (Å²) in [6.07, 6.45) is 5.15. The molecule has 4 nitrogen and oxygen atoms in total. The Bertz CT molecular complexity index is 303. The predicted octanol–water partition coefficient (Wildman–Crippen LogP) is 2.21. The summed E-state index contributed by atoms with van der Waals surface area (Å²) in [5, 5.41) is 2.79. The van der Waals surface area contributed by atoms with Crippen molar-refractivity contribution in [2.75, 3.05) is 0 Å². The second kappa shape index (κ2) is 4.69. The molecule has 0 radical (unpaired) electrons. The highest BCUT2D eigenvalue weighted by Crippen LogP contribution is 2.37. The summed E-state index contributed by atoms with van der Waals surface area (Å²) in [6.45, 7) is 10.2. The Hall–Kier alpha value is -1.03. The van der Waals surface area contributed by atoms with E-state index in [0.29, 0.717) is 0 Å². The average Bonchev–Trinajstić information content (AvgIpc) is 2.09. The number of nitrogens with one attached hydrogen (secondary N) is 1. The lowest BCUT2D eigenvalue weighted by atomic mass is 9.77. The number of likely N-dealkylation sites (tertiary alicyclic amines) is 1. The number of allylic oxidation sites excluding steroid dienone is 1. The van der Waals surface area contributed by atoms with Crippen molar-refractivity contribution in [3.05, 3.63) is 12.3 Å². The molecule has 98 valence electrons. The molecule has 0 aromatic carbocycles. The minimum Gasteiger partial charge on any atom is -0.328 e. The zero-order valence-corrected chi connectivity index (χ0v) is 11.6. The largest absolute Gasteiger partial charge is 0.328 e. The molecular weight excluding hydrogens is 214 g/mol. The van der Waals surface area contributed by atoms with E-state index in [1.165, 1.54) is 0 Å². The molecule has 1 rings (SSSR count). The number of urea groups is 1. The summed E-state index contributed by atoms with van der Waals surface area (Å²) in [6, 6.07) is 0.107. The fourth-order valence-corrected chi connectivity index (χ4v) is 3.13. The Kier molecular flexibility index (Phi) is 3.87. The van der Waals surface area contributed by atoms with Gasteiger partial charge in [0.05, 0.1) is 0 Å². The molecule has 0 unspecified atom stereocenters. The number of hydrogen-bond acceptors (Lipinski definition) is 2. The maximum Gasteiger partial charge on any atom is 0.322 e. The van der Waals surface area contributed by atoms with E-state index in [4.69, 9.17) is 5.73 Å². The van der Waals surface area contributed by atoms with Crippen molar-refractivity contribution in [2.45, 2.75) is 64.6 Å². The summed E-state index contributed by atoms with van der Waals surface area (Å²) in [4.78, 5) is 14.1. The quantitative estimate of drug-likeness (QED) is 0.737. The number of rotatable bonds is 1. The van der Waals surface area contributed by atoms with E-state index in [-0.39, 0.29) is 23.2 Å². The topological polar surface area (TPSA) is 58.4 Å². The van der Waals surface area contributed by atoms with Crippen LogP contribution in [0.3, 0.4) is 0 Å². The number of amides is 2. The van der Waals surface area contributed by atoms with E-state index >= 15 is 0 Å². The van der Waals surface area contributed by atoms with Crippen LogP contribution in [0.1, 0.15) is 47.5 Å². The number of nitrogens with zero attached hydrogens (tertiary/aromatic N) is 1. The lowest BCUT2D eigenvalue weighted by Crippen LogP contribution is -2.66. The SMILES string of the molecule is C/C=C/NC(=O)N1C(C)(C)CC(N)CC1(C)C. The van der Waals surface area contributed by atoms with E-state index in [9.17, 15) is 4.79 Å². The van der Waals surface area contributed by atoms with E-state index in [1.807, 2.05) is 17.9 Å². The molecule has 0 spiro atoms. The van der Waals surface area contributed by atoms with Crippen molar-refractivity contribution in [3.8, 4) is 0 Å². The van der Waals surface area contributed by atoms with Crippen molar-refractivity contribution in [1.82, 2.24) is 10.2 Å². The van der Waals surface area contributed by atoms with E-state index in [2.05, 4.69) is 33.0 Å². The second-order valence-electron chi connectivity index (χ2n) is 6.08. The van der Waals surface area contributed by atoms with Crippen LogP contribution in [0, 0.1) is 0 Å². The number of piperidine rings is 1. The van der Waals surface area contributed by atoms with Gasteiger partial charge in [-0.25, -0.2) is 4.79 Å². The van der Waals surface area contributed by atoms with Gasteiger partial charge in [-0.1, -0.05) is 6.08 Å². The monoisotopic (exact) mass is 239 g/mol. The number of carbonyl (C=O) groups is 1. The Labute approximate surface area is 104 Å². The van der Waals surface area contributed by atoms with Crippen molar-refractivity contribution < 1.29 is 4.79 Å². The fraction of sp³-hybridized carbons (Fsp3) is 0.769. The first-order chi connectivity index (χ1) is 7.70. The molecule has 1 saturated heterocycles. The zero-order valence-electron chi connectivity index (χ0n) is 11.6. The van der Waals surface area contributed by atoms with Gasteiger partial charge in [0.15, 0.2) is 0 Å². The van der Waals surface area contributed by atoms with E-state index in [1.54, 1.807) is 6.20 Å². The molecule has 17 heavy (non-hydrogen) atoms. The van der Waals surface area contributed by atoms with Crippen LogP contribution in [-0.4, -0.2) is 28.1 Å². The van der Waals surface area contributed by atoms with Crippen LogP contribution in [0.4, 0.5) is 4.79 Å². The van der Waals surface area contributed by atoms with Crippen LogP contribution >= 0.6 is 0 Å². The molecular formula is C13H25N3O. The summed E-state index contributed by atoms with van der Waals surface area (Å²) in [7, 11) is 0. The molecule has 0 aromatic heterocycles. The molecule has 4 heteroatoms. The molecule has 0 bridgehead atoms. The van der Waals surface area contributed by atoms with Crippen molar-refractivity contribution >= 4 is 6.03 Å². The van der Waals surface area contributed by atoms with Crippen LogP contribution in [0.15, 0.2) is 12.3 Å². The van der Waals surface area contributed by atoms with E-state index < -0.39 is 0 Å². The summed E-state index contributed by atoms with van der Waals surface area (Å²) >= 11 is 0. The highest BCUT2D eigenvalue weighted by atomic mass is 16.2. The summed E-state index contributed by atoms with van der Waals surface area (Å²) in [5.74, 6) is 0. The van der Waals surface area contributed by atoms with Crippen LogP contribution < -0.4 is 11.1 Å². The van der Waals surface area contributed by atoms with Gasteiger partial charge in [0.2, 0.25) is 0 Å². The standard InChI is InChI=1S/C13H25N3O/c1-6-7-15-11(17)16-12(2,3)8-10(14)9-13(16,4)5/h6-7,10H,8-9,14H2,1-5H3,(H,15,17)/b7-6+. The average molecular weight is 239 g/mol. The zero-order chi connectivity index (χ0) is 13.3. The lowest BCUT2D eigenvalue weighted by molar-refractivity contribution is 0.00442. The van der Waals surface area contributed by atoms with Crippen molar-refractivity contribution in [1.29, 1.82) is 0 Å². The first-order valence-corrected chi connectivity index (χ1v) is 6.18. The van der Waals surface area contributed by atoms with Gasteiger partial charge in [-0.15, -0.1) is 0 Å². The molecule has 3 N–H and O–H groups in total. The lowest BCUT2D eigenvalue weighted by Gasteiger charge is -2.54. The van der Waals surface area contributed by atoms with Gasteiger partial charge in [-0.3, -0.25) is 0 Å². The number of nitrogens with two attached hydrogens (primary N) is 1. The third-order valence-electron chi connectivity index (χ3n) is 3.31. The van der Waals surface area contributed by atoms with Crippen LogP contribution in [0.5, 0.6) is 0 Å². The maximum absolute atomic E-state index is 12.2. The Balaban J connectivity index is 2.96. The van der Waals surface area contributed by atoms with Gasteiger partial charge >= 0.3 is 6.03 Å². The predicted molar refractivity (Wildman–Crippen MR) is 70.6 cm³/mol. The van der Waals surface area contributed by atoms with Crippen LogP contribution in [0.25, 0.3) is 0 Å². The van der Waals surface area contributed by atoms with Gasteiger partial charge in [0, 0.05) is 23.3 Å². The summed E-state index contributed by atoms with van der Waals surface area (Å²) in [5.41, 5.74) is 5.65.